The lowest BCUT2D eigenvalue weighted by atomic mass is 10.1. The lowest BCUT2D eigenvalue weighted by molar-refractivity contribution is 0.0948. The van der Waals surface area contributed by atoms with Crippen LogP contribution in [0.5, 0.6) is 0 Å². The van der Waals surface area contributed by atoms with Crippen molar-refractivity contribution < 1.29 is 9.53 Å². The summed E-state index contributed by atoms with van der Waals surface area (Å²) in [5.41, 5.74) is 3.18. The average Bonchev–Trinajstić information content (AvgIpc) is 3.18. The van der Waals surface area contributed by atoms with Gasteiger partial charge in [0, 0.05) is 37.4 Å². The number of nitrogens with zero attached hydrogens (tertiary/aromatic N) is 4. The van der Waals surface area contributed by atoms with Gasteiger partial charge in [0.05, 0.1) is 24.2 Å². The maximum atomic E-state index is 13.0. The fourth-order valence-corrected chi connectivity index (χ4v) is 3.74. The molecule has 5 rings (SSSR count). The summed E-state index contributed by atoms with van der Waals surface area (Å²) in [5.74, 6) is 0.595. The minimum atomic E-state index is -0.186. The van der Waals surface area contributed by atoms with E-state index in [2.05, 4.69) is 15.2 Å². The highest BCUT2D eigenvalue weighted by Crippen LogP contribution is 2.22. The van der Waals surface area contributed by atoms with Crippen molar-refractivity contribution in [3.63, 3.8) is 0 Å². The molecule has 1 N–H and O–H groups in total. The standard InChI is InChI=1S/C22H21N5O2/c28-21(24-15-16-8-9-23-18-6-2-1-5-17(16)18)20-19-7-3-4-10-27(19)22(25-20)26-11-13-29-14-12-26/h1-10H,11-15H2,(H,24,28). The number of carbonyl (C=O) groups is 1. The quantitative estimate of drug-likeness (QED) is 0.583. The van der Waals surface area contributed by atoms with E-state index in [0.29, 0.717) is 25.5 Å². The molecule has 3 aromatic heterocycles. The molecule has 1 aliphatic heterocycles. The van der Waals surface area contributed by atoms with E-state index in [1.54, 1.807) is 6.20 Å². The smallest absolute Gasteiger partial charge is 0.272 e. The number of nitrogens with one attached hydrogen (secondary N) is 1. The van der Waals surface area contributed by atoms with Gasteiger partial charge in [-0.15, -0.1) is 0 Å². The SMILES string of the molecule is O=C(NCc1ccnc2ccccc12)c1nc(N2CCOCC2)n2ccccc12. The molecule has 0 spiro atoms. The Hall–Kier alpha value is -3.45. The van der Waals surface area contributed by atoms with Crippen molar-refractivity contribution in [1.82, 2.24) is 19.7 Å². The Balaban J connectivity index is 1.43. The molecule has 0 aliphatic carbocycles. The van der Waals surface area contributed by atoms with E-state index in [4.69, 9.17) is 9.72 Å². The second kappa shape index (κ2) is 7.52. The second-order valence-corrected chi connectivity index (χ2v) is 6.99. The van der Waals surface area contributed by atoms with Crippen molar-refractivity contribution in [2.45, 2.75) is 6.54 Å². The molecule has 0 saturated carbocycles. The van der Waals surface area contributed by atoms with E-state index in [9.17, 15) is 4.79 Å². The first-order valence-electron chi connectivity index (χ1n) is 9.72. The van der Waals surface area contributed by atoms with Crippen LogP contribution in [0.1, 0.15) is 16.1 Å². The Morgan fingerprint density at radius 1 is 1.07 bits per heavy atom. The fourth-order valence-electron chi connectivity index (χ4n) is 3.74. The van der Waals surface area contributed by atoms with Gasteiger partial charge in [-0.2, -0.15) is 0 Å². The van der Waals surface area contributed by atoms with E-state index in [1.165, 1.54) is 0 Å². The molecule has 4 heterocycles. The number of carbonyl (C=O) groups excluding carboxylic acids is 1. The van der Waals surface area contributed by atoms with E-state index in [1.807, 2.05) is 59.1 Å². The first-order valence-corrected chi connectivity index (χ1v) is 9.72. The molecule has 4 aromatic rings. The van der Waals surface area contributed by atoms with Crippen molar-refractivity contribution >= 4 is 28.3 Å². The molecular weight excluding hydrogens is 366 g/mol. The molecule has 1 fully saturated rings. The Morgan fingerprint density at radius 3 is 2.79 bits per heavy atom. The van der Waals surface area contributed by atoms with Gasteiger partial charge in [-0.1, -0.05) is 24.3 Å². The number of pyridine rings is 2. The summed E-state index contributed by atoms with van der Waals surface area (Å²) in [5, 5.41) is 4.07. The number of rotatable bonds is 4. The molecular formula is C22H21N5O2. The van der Waals surface area contributed by atoms with Crippen molar-refractivity contribution in [3.8, 4) is 0 Å². The normalized spacial score (nSPS) is 14.4. The van der Waals surface area contributed by atoms with Crippen molar-refractivity contribution in [1.29, 1.82) is 0 Å². The van der Waals surface area contributed by atoms with Gasteiger partial charge in [-0.3, -0.25) is 14.2 Å². The third-order valence-electron chi connectivity index (χ3n) is 5.22. The number of amides is 1. The maximum Gasteiger partial charge on any atom is 0.272 e. The molecule has 7 heteroatoms. The Kier molecular flexibility index (Phi) is 4.57. The minimum Gasteiger partial charge on any atom is -0.378 e. The predicted molar refractivity (Wildman–Crippen MR) is 111 cm³/mol. The largest absolute Gasteiger partial charge is 0.378 e. The second-order valence-electron chi connectivity index (χ2n) is 6.99. The van der Waals surface area contributed by atoms with Crippen LogP contribution < -0.4 is 10.2 Å². The molecule has 1 saturated heterocycles. The van der Waals surface area contributed by atoms with Crippen molar-refractivity contribution in [2.24, 2.45) is 0 Å². The number of aromatic nitrogens is 3. The molecule has 1 aliphatic rings. The summed E-state index contributed by atoms with van der Waals surface area (Å²) in [6, 6.07) is 15.7. The van der Waals surface area contributed by atoms with Crippen LogP contribution in [0.25, 0.3) is 16.4 Å². The van der Waals surface area contributed by atoms with Crippen LogP contribution in [0, 0.1) is 0 Å². The molecule has 7 nitrogen and oxygen atoms in total. The number of hydrogen-bond donors (Lipinski definition) is 1. The first-order chi connectivity index (χ1) is 14.3. The Bertz CT molecular complexity index is 1170. The zero-order chi connectivity index (χ0) is 19.6. The molecule has 0 atom stereocenters. The van der Waals surface area contributed by atoms with Crippen LogP contribution in [0.15, 0.2) is 60.9 Å². The first kappa shape index (κ1) is 17.6. The highest BCUT2D eigenvalue weighted by molar-refractivity contribution is 6.00. The number of morpholine rings is 1. The van der Waals surface area contributed by atoms with Gasteiger partial charge in [-0.05, 0) is 29.8 Å². The van der Waals surface area contributed by atoms with Gasteiger partial charge in [0.1, 0.15) is 0 Å². The van der Waals surface area contributed by atoms with Crippen molar-refractivity contribution in [2.75, 3.05) is 31.2 Å². The van der Waals surface area contributed by atoms with Gasteiger partial charge in [0.15, 0.2) is 5.69 Å². The fraction of sp³-hybridized carbons (Fsp3) is 0.227. The summed E-state index contributed by atoms with van der Waals surface area (Å²) in [6.45, 7) is 3.27. The molecule has 1 aromatic carbocycles. The number of fused-ring (bicyclic) bond motifs is 2. The number of para-hydroxylation sites is 1. The summed E-state index contributed by atoms with van der Waals surface area (Å²) >= 11 is 0. The van der Waals surface area contributed by atoms with Gasteiger partial charge in [0.25, 0.3) is 5.91 Å². The number of ether oxygens (including phenoxy) is 1. The summed E-state index contributed by atoms with van der Waals surface area (Å²) in [6.07, 6.45) is 3.71. The third-order valence-corrected chi connectivity index (χ3v) is 5.22. The molecule has 146 valence electrons. The zero-order valence-corrected chi connectivity index (χ0v) is 15.9. The Labute approximate surface area is 167 Å². The van der Waals surface area contributed by atoms with Gasteiger partial charge in [-0.25, -0.2) is 4.98 Å². The number of benzene rings is 1. The van der Waals surface area contributed by atoms with Crippen LogP contribution in [0.4, 0.5) is 5.95 Å². The number of imidazole rings is 1. The predicted octanol–water partition coefficient (Wildman–Crippen LogP) is 2.65. The molecule has 0 radical (unpaired) electrons. The van der Waals surface area contributed by atoms with Gasteiger partial charge < -0.3 is 15.0 Å². The van der Waals surface area contributed by atoms with E-state index in [-0.39, 0.29) is 5.91 Å². The van der Waals surface area contributed by atoms with Gasteiger partial charge in [0.2, 0.25) is 5.95 Å². The molecule has 0 bridgehead atoms. The lowest BCUT2D eigenvalue weighted by Crippen LogP contribution is -2.37. The molecule has 29 heavy (non-hydrogen) atoms. The Morgan fingerprint density at radius 2 is 1.90 bits per heavy atom. The molecule has 1 amide bonds. The van der Waals surface area contributed by atoms with Gasteiger partial charge >= 0.3 is 0 Å². The number of hydrogen-bond acceptors (Lipinski definition) is 5. The maximum absolute atomic E-state index is 13.0. The lowest BCUT2D eigenvalue weighted by Gasteiger charge is -2.27. The monoisotopic (exact) mass is 387 g/mol. The van der Waals surface area contributed by atoms with Crippen LogP contribution in [-0.2, 0) is 11.3 Å². The highest BCUT2D eigenvalue weighted by Gasteiger charge is 2.22. The van der Waals surface area contributed by atoms with E-state index in [0.717, 1.165) is 41.0 Å². The summed E-state index contributed by atoms with van der Waals surface area (Å²) in [7, 11) is 0. The minimum absolute atomic E-state index is 0.186. The average molecular weight is 387 g/mol. The van der Waals surface area contributed by atoms with Crippen LogP contribution in [0.2, 0.25) is 0 Å². The topological polar surface area (TPSA) is 71.8 Å². The third kappa shape index (κ3) is 3.30. The van der Waals surface area contributed by atoms with Crippen LogP contribution in [-0.4, -0.2) is 46.6 Å². The summed E-state index contributed by atoms with van der Waals surface area (Å²) in [4.78, 5) is 24.3. The highest BCUT2D eigenvalue weighted by atomic mass is 16.5. The van der Waals surface area contributed by atoms with Crippen molar-refractivity contribution in [3.05, 3.63) is 72.2 Å². The van der Waals surface area contributed by atoms with E-state index >= 15 is 0 Å². The zero-order valence-electron chi connectivity index (χ0n) is 15.9. The number of anilines is 1. The molecule has 0 unspecified atom stereocenters. The van der Waals surface area contributed by atoms with E-state index < -0.39 is 0 Å². The van der Waals surface area contributed by atoms with Crippen LogP contribution in [0.3, 0.4) is 0 Å². The summed E-state index contributed by atoms with van der Waals surface area (Å²) < 4.78 is 7.42. The van der Waals surface area contributed by atoms with Crippen LogP contribution >= 0.6 is 0 Å².